The van der Waals surface area contributed by atoms with Gasteiger partial charge in [0.25, 0.3) is 5.91 Å². The lowest BCUT2D eigenvalue weighted by molar-refractivity contribution is -0.118. The predicted octanol–water partition coefficient (Wildman–Crippen LogP) is 2.85. The zero-order valence-corrected chi connectivity index (χ0v) is 20.1. The molecule has 1 aromatic carbocycles. The minimum atomic E-state index is -3.53. The first-order chi connectivity index (χ1) is 16.7. The van der Waals surface area contributed by atoms with Gasteiger partial charge in [0, 0.05) is 16.6 Å². The molecule has 0 bridgehead atoms. The summed E-state index contributed by atoms with van der Waals surface area (Å²) < 4.78 is 32.0. The van der Waals surface area contributed by atoms with Crippen molar-refractivity contribution in [2.24, 2.45) is 0 Å². The molecule has 2 aromatic heterocycles. The first-order valence-corrected chi connectivity index (χ1v) is 13.0. The Balaban J connectivity index is 1.47. The fourth-order valence-corrected chi connectivity index (χ4v) is 5.42. The molecule has 1 fully saturated rings. The van der Waals surface area contributed by atoms with Crippen molar-refractivity contribution < 1.29 is 27.9 Å². The fraction of sp³-hybridized carbons (Fsp3) is 0.286. The molecule has 2 heterocycles. The van der Waals surface area contributed by atoms with E-state index in [1.807, 2.05) is 6.92 Å². The highest BCUT2D eigenvalue weighted by Gasteiger charge is 2.36. The number of anilines is 2. The first-order valence-electron chi connectivity index (χ1n) is 10.6. The highest BCUT2D eigenvalue weighted by Crippen LogP contribution is 2.31. The molecule has 12 nitrogen and oxygen atoms in total. The van der Waals surface area contributed by atoms with E-state index in [0.717, 1.165) is 16.9 Å². The average molecular weight is 519 g/mol. The van der Waals surface area contributed by atoms with Crippen molar-refractivity contribution in [3.63, 3.8) is 0 Å². The maximum atomic E-state index is 12.9. The molecular weight excluding hydrogens is 496 g/mol. The largest absolute Gasteiger partial charge is 0.477 e. The van der Waals surface area contributed by atoms with Crippen LogP contribution in [-0.4, -0.2) is 52.3 Å². The third kappa shape index (κ3) is 6.22. The molecule has 184 valence electrons. The molecule has 35 heavy (non-hydrogen) atoms. The molecule has 0 radical (unpaired) electrons. The molecule has 0 saturated heterocycles. The molecule has 14 heteroatoms. The van der Waals surface area contributed by atoms with E-state index in [1.54, 1.807) is 30.5 Å². The van der Waals surface area contributed by atoms with Gasteiger partial charge < -0.3 is 20.5 Å². The summed E-state index contributed by atoms with van der Waals surface area (Å²) in [6.07, 6.45) is 2.84. The molecule has 1 saturated carbocycles. The van der Waals surface area contributed by atoms with E-state index in [2.05, 4.69) is 30.3 Å². The fourth-order valence-electron chi connectivity index (χ4n) is 3.09. The van der Waals surface area contributed by atoms with Gasteiger partial charge in [0.1, 0.15) is 0 Å². The van der Waals surface area contributed by atoms with E-state index >= 15 is 0 Å². The van der Waals surface area contributed by atoms with E-state index < -0.39 is 33.3 Å². The normalized spacial score (nSPS) is 14.1. The minimum absolute atomic E-state index is 0.0663. The summed E-state index contributed by atoms with van der Waals surface area (Å²) in [7, 11) is -3.53. The average Bonchev–Trinajstić information content (AvgIpc) is 3.59. The summed E-state index contributed by atoms with van der Waals surface area (Å²) in [4.78, 5) is 36.8. The van der Waals surface area contributed by atoms with Crippen LogP contribution in [0.5, 0.6) is 5.88 Å². The van der Waals surface area contributed by atoms with E-state index in [-0.39, 0.29) is 10.8 Å². The van der Waals surface area contributed by atoms with Crippen LogP contribution in [0.25, 0.3) is 11.3 Å². The maximum Gasteiger partial charge on any atom is 0.405 e. The van der Waals surface area contributed by atoms with Crippen LogP contribution in [0.2, 0.25) is 0 Å². The van der Waals surface area contributed by atoms with Crippen molar-refractivity contribution in [3.05, 3.63) is 47.7 Å². The van der Waals surface area contributed by atoms with Crippen molar-refractivity contribution in [1.82, 2.24) is 20.3 Å². The summed E-state index contributed by atoms with van der Waals surface area (Å²) in [6, 6.07) is 5.37. The molecule has 2 amide bonds. The molecular formula is C21H22N6O6S2. The van der Waals surface area contributed by atoms with Crippen molar-refractivity contribution in [3.8, 4) is 17.1 Å². The summed E-state index contributed by atoms with van der Waals surface area (Å²) in [5.41, 5.74) is 1.81. The van der Waals surface area contributed by atoms with Gasteiger partial charge in [0.15, 0.2) is 11.2 Å². The van der Waals surface area contributed by atoms with Crippen LogP contribution in [0, 0.1) is 0 Å². The zero-order chi connectivity index (χ0) is 25.0. The standard InChI is InChI=1S/C21H22N6O6S2/c1-2-33-17-10-22-9-15(24-17)12-3-5-13(6-4-12)23-19(28)18(26-21(29)30)16-11-34-20(25-16)27-35(31,32)14-7-8-14/h3-6,9-11,14,18,26H,2,7-8H2,1H3,(H,23,28)(H,25,27)(H,29,30). The lowest BCUT2D eigenvalue weighted by Crippen LogP contribution is -2.36. The number of benzene rings is 1. The Morgan fingerprint density at radius 2 is 1.94 bits per heavy atom. The SMILES string of the molecule is CCOc1cncc(-c2ccc(NC(=O)C(NC(=O)O)c3csc(NS(=O)(=O)C4CC4)n3)cc2)n1. The van der Waals surface area contributed by atoms with Crippen LogP contribution >= 0.6 is 11.3 Å². The number of carbonyl (C=O) groups excluding carboxylic acids is 1. The second kappa shape index (κ2) is 10.2. The van der Waals surface area contributed by atoms with E-state index in [9.17, 15) is 23.1 Å². The van der Waals surface area contributed by atoms with Crippen LogP contribution in [0.1, 0.15) is 31.5 Å². The smallest absolute Gasteiger partial charge is 0.405 e. The summed E-state index contributed by atoms with van der Waals surface area (Å²) in [5, 5.41) is 15.0. The van der Waals surface area contributed by atoms with Crippen LogP contribution in [-0.2, 0) is 14.8 Å². The number of thiazole rings is 1. The topological polar surface area (TPSA) is 172 Å². The second-order valence-electron chi connectivity index (χ2n) is 7.55. The van der Waals surface area contributed by atoms with Crippen molar-refractivity contribution >= 4 is 44.2 Å². The van der Waals surface area contributed by atoms with Crippen molar-refractivity contribution in [1.29, 1.82) is 0 Å². The molecule has 1 atom stereocenters. The molecule has 0 spiro atoms. The van der Waals surface area contributed by atoms with Gasteiger partial charge in [0.2, 0.25) is 15.9 Å². The van der Waals surface area contributed by atoms with E-state index in [0.29, 0.717) is 36.7 Å². The molecule has 1 aliphatic carbocycles. The Hall–Kier alpha value is -3.78. The number of sulfonamides is 1. The number of hydrogen-bond acceptors (Lipinski definition) is 9. The predicted molar refractivity (Wildman–Crippen MR) is 129 cm³/mol. The second-order valence-corrected chi connectivity index (χ2v) is 10.4. The quantitative estimate of drug-likeness (QED) is 0.315. The van der Waals surface area contributed by atoms with Gasteiger partial charge in [-0.2, -0.15) is 0 Å². The number of carbonyl (C=O) groups is 2. The van der Waals surface area contributed by atoms with Gasteiger partial charge in [-0.1, -0.05) is 12.1 Å². The Labute approximate surface area is 204 Å². The van der Waals surface area contributed by atoms with Gasteiger partial charge >= 0.3 is 6.09 Å². The van der Waals surface area contributed by atoms with Gasteiger partial charge in [-0.15, -0.1) is 11.3 Å². The van der Waals surface area contributed by atoms with Crippen LogP contribution < -0.4 is 20.1 Å². The number of amides is 2. The number of carboxylic acid groups (broad SMARTS) is 1. The zero-order valence-electron chi connectivity index (χ0n) is 18.5. The van der Waals surface area contributed by atoms with E-state index in [4.69, 9.17) is 4.74 Å². The van der Waals surface area contributed by atoms with Crippen molar-refractivity contribution in [2.75, 3.05) is 16.6 Å². The van der Waals surface area contributed by atoms with Crippen LogP contribution in [0.15, 0.2) is 42.0 Å². The summed E-state index contributed by atoms with van der Waals surface area (Å²) in [5.74, 6) is -0.285. The lowest BCUT2D eigenvalue weighted by Gasteiger charge is -2.15. The van der Waals surface area contributed by atoms with Crippen molar-refractivity contribution in [2.45, 2.75) is 31.1 Å². The molecule has 4 rings (SSSR count). The Morgan fingerprint density at radius 1 is 1.20 bits per heavy atom. The van der Waals surface area contributed by atoms with Gasteiger partial charge in [-0.3, -0.25) is 14.5 Å². The third-order valence-corrected chi connectivity index (χ3v) is 7.63. The van der Waals surface area contributed by atoms with Gasteiger partial charge in [-0.25, -0.2) is 23.2 Å². The number of nitrogens with one attached hydrogen (secondary N) is 3. The number of ether oxygens (including phenoxy) is 1. The Bertz CT molecular complexity index is 1320. The Morgan fingerprint density at radius 3 is 2.60 bits per heavy atom. The lowest BCUT2D eigenvalue weighted by atomic mass is 10.1. The van der Waals surface area contributed by atoms with E-state index in [1.165, 1.54) is 11.6 Å². The highest BCUT2D eigenvalue weighted by molar-refractivity contribution is 7.93. The van der Waals surface area contributed by atoms with Crippen LogP contribution in [0.4, 0.5) is 15.6 Å². The highest BCUT2D eigenvalue weighted by atomic mass is 32.2. The van der Waals surface area contributed by atoms with Gasteiger partial charge in [0.05, 0.1) is 35.6 Å². The number of nitrogens with zero attached hydrogens (tertiary/aromatic N) is 3. The summed E-state index contributed by atoms with van der Waals surface area (Å²) >= 11 is 0.967. The molecule has 3 aromatic rings. The number of rotatable bonds is 10. The number of aromatic nitrogens is 3. The number of hydrogen-bond donors (Lipinski definition) is 4. The summed E-state index contributed by atoms with van der Waals surface area (Å²) in [6.45, 7) is 2.30. The maximum absolute atomic E-state index is 12.9. The van der Waals surface area contributed by atoms with Gasteiger partial charge in [-0.05, 0) is 31.9 Å². The molecule has 1 unspecified atom stereocenters. The van der Waals surface area contributed by atoms with Crippen LogP contribution in [0.3, 0.4) is 0 Å². The monoisotopic (exact) mass is 518 g/mol. The third-order valence-electron chi connectivity index (χ3n) is 4.89. The molecule has 4 N–H and O–H groups in total. The Kier molecular flexibility index (Phi) is 7.12. The first kappa shape index (κ1) is 24.3. The molecule has 0 aliphatic heterocycles. The molecule has 1 aliphatic rings. The minimum Gasteiger partial charge on any atom is -0.477 e.